The molecule has 0 saturated carbocycles. The van der Waals surface area contributed by atoms with Crippen molar-refractivity contribution in [1.29, 1.82) is 5.26 Å². The highest BCUT2D eigenvalue weighted by molar-refractivity contribution is 7.91. The van der Waals surface area contributed by atoms with Crippen LogP contribution in [0.25, 0.3) is 0 Å². The number of hydrogen-bond acceptors (Lipinski definition) is 6. The first-order chi connectivity index (χ1) is 9.48. The van der Waals surface area contributed by atoms with Gasteiger partial charge in [0.15, 0.2) is 15.7 Å². The summed E-state index contributed by atoms with van der Waals surface area (Å²) in [6, 6.07) is 2.07. The quantitative estimate of drug-likeness (QED) is 0.842. The van der Waals surface area contributed by atoms with Crippen LogP contribution in [0.3, 0.4) is 0 Å². The summed E-state index contributed by atoms with van der Waals surface area (Å²) in [5.41, 5.74) is 6.26. The van der Waals surface area contributed by atoms with E-state index in [1.165, 1.54) is 4.68 Å². The minimum absolute atomic E-state index is 0.0142. The fourth-order valence-electron chi connectivity index (χ4n) is 2.26. The predicted octanol–water partition coefficient (Wildman–Crippen LogP) is 0.372. The molecule has 0 atom stereocenters. The van der Waals surface area contributed by atoms with Crippen molar-refractivity contribution in [2.24, 2.45) is 0 Å². The van der Waals surface area contributed by atoms with Crippen molar-refractivity contribution in [2.45, 2.75) is 26.3 Å². The number of sulfone groups is 1. The van der Waals surface area contributed by atoms with Crippen LogP contribution in [0.1, 0.15) is 25.3 Å². The number of nitrogen functional groups attached to an aromatic ring is 1. The van der Waals surface area contributed by atoms with E-state index in [0.717, 1.165) is 25.9 Å². The van der Waals surface area contributed by atoms with E-state index in [-0.39, 0.29) is 23.9 Å². The molecule has 1 aliphatic rings. The van der Waals surface area contributed by atoms with Crippen LogP contribution in [0, 0.1) is 11.3 Å². The second kappa shape index (κ2) is 5.71. The normalized spacial score (nSPS) is 15.5. The van der Waals surface area contributed by atoms with Crippen LogP contribution in [0.5, 0.6) is 0 Å². The Labute approximate surface area is 118 Å². The van der Waals surface area contributed by atoms with Crippen molar-refractivity contribution in [1.82, 2.24) is 9.78 Å². The van der Waals surface area contributed by atoms with Crippen LogP contribution < -0.4 is 10.6 Å². The molecular formula is C12H19N5O2S. The number of hydrogen-bond donors (Lipinski definition) is 1. The highest BCUT2D eigenvalue weighted by atomic mass is 32.2. The van der Waals surface area contributed by atoms with Crippen LogP contribution >= 0.6 is 0 Å². The van der Waals surface area contributed by atoms with Gasteiger partial charge in [-0.2, -0.15) is 10.4 Å². The van der Waals surface area contributed by atoms with Gasteiger partial charge in [0.1, 0.15) is 17.5 Å². The molecule has 2 N–H and O–H groups in total. The molecule has 1 aromatic rings. The zero-order chi connectivity index (χ0) is 14.8. The van der Waals surface area contributed by atoms with E-state index < -0.39 is 9.84 Å². The Morgan fingerprint density at radius 3 is 2.60 bits per heavy atom. The van der Waals surface area contributed by atoms with Gasteiger partial charge < -0.3 is 10.6 Å². The fourth-order valence-corrected chi connectivity index (χ4v) is 3.00. The van der Waals surface area contributed by atoms with Crippen molar-refractivity contribution in [3.05, 3.63) is 5.56 Å². The maximum Gasteiger partial charge on any atom is 0.170 e. The average molecular weight is 297 g/mol. The van der Waals surface area contributed by atoms with Crippen LogP contribution in [0.15, 0.2) is 0 Å². The molecule has 1 aromatic heterocycles. The summed E-state index contributed by atoms with van der Waals surface area (Å²) in [4.78, 5) is 2.03. The van der Waals surface area contributed by atoms with Gasteiger partial charge in [0.05, 0.1) is 12.3 Å². The minimum Gasteiger partial charge on any atom is -0.383 e. The third-order valence-electron chi connectivity index (χ3n) is 3.54. The molecule has 0 amide bonds. The average Bonchev–Trinajstić information content (AvgIpc) is 3.04. The summed E-state index contributed by atoms with van der Waals surface area (Å²) in [7, 11) is -3.08. The molecule has 7 nitrogen and oxygen atoms in total. The Morgan fingerprint density at radius 1 is 1.40 bits per heavy atom. The summed E-state index contributed by atoms with van der Waals surface area (Å²) in [6.45, 7) is 3.51. The summed E-state index contributed by atoms with van der Waals surface area (Å²) in [6.07, 6.45) is 2.14. The lowest BCUT2D eigenvalue weighted by molar-refractivity contribution is 0.583. The van der Waals surface area contributed by atoms with E-state index in [1.54, 1.807) is 6.92 Å². The molecule has 0 aromatic carbocycles. The van der Waals surface area contributed by atoms with Crippen LogP contribution in [0.4, 0.5) is 11.6 Å². The molecule has 0 unspecified atom stereocenters. The number of aryl methyl sites for hydroxylation is 1. The molecule has 0 bridgehead atoms. The third kappa shape index (κ3) is 2.88. The van der Waals surface area contributed by atoms with E-state index in [1.807, 2.05) is 4.90 Å². The van der Waals surface area contributed by atoms with Gasteiger partial charge in [0, 0.05) is 18.8 Å². The van der Waals surface area contributed by atoms with Crippen LogP contribution in [-0.2, 0) is 16.4 Å². The molecule has 110 valence electrons. The van der Waals surface area contributed by atoms with Crippen molar-refractivity contribution in [3.63, 3.8) is 0 Å². The topological polar surface area (TPSA) is 105 Å². The van der Waals surface area contributed by atoms with Gasteiger partial charge >= 0.3 is 0 Å². The third-order valence-corrected chi connectivity index (χ3v) is 5.23. The van der Waals surface area contributed by atoms with E-state index >= 15 is 0 Å². The van der Waals surface area contributed by atoms with E-state index in [9.17, 15) is 13.7 Å². The zero-order valence-electron chi connectivity index (χ0n) is 11.5. The zero-order valence-corrected chi connectivity index (χ0v) is 12.4. The van der Waals surface area contributed by atoms with Gasteiger partial charge in [0.25, 0.3) is 0 Å². The lowest BCUT2D eigenvalue weighted by atomic mass is 10.3. The van der Waals surface area contributed by atoms with Crippen LogP contribution in [0.2, 0.25) is 0 Å². The van der Waals surface area contributed by atoms with Gasteiger partial charge in [0.2, 0.25) is 0 Å². The Bertz CT molecular complexity index is 623. The second-order valence-corrected chi connectivity index (χ2v) is 7.32. The lowest BCUT2D eigenvalue weighted by Gasteiger charge is -2.13. The smallest absolute Gasteiger partial charge is 0.170 e. The first kappa shape index (κ1) is 14.7. The largest absolute Gasteiger partial charge is 0.383 e. The number of nitrogens with zero attached hydrogens (tertiary/aromatic N) is 4. The van der Waals surface area contributed by atoms with Crippen LogP contribution in [-0.4, -0.2) is 42.8 Å². The Kier molecular flexibility index (Phi) is 4.18. The Hall–Kier alpha value is -1.75. The summed E-state index contributed by atoms with van der Waals surface area (Å²) < 4.78 is 24.5. The number of rotatable bonds is 5. The van der Waals surface area contributed by atoms with E-state index in [0.29, 0.717) is 11.4 Å². The standard InChI is InChI=1S/C12H19N5O2S/c1-2-20(18,19)8-7-17-11(14)10(9-13)12(15-17)16-5-3-4-6-16/h2-8,14H2,1H3. The molecule has 0 radical (unpaired) electrons. The van der Waals surface area contributed by atoms with Gasteiger partial charge in [-0.3, -0.25) is 0 Å². The van der Waals surface area contributed by atoms with Crippen molar-refractivity contribution < 1.29 is 8.42 Å². The maximum atomic E-state index is 11.5. The SMILES string of the molecule is CCS(=O)(=O)CCn1nc(N2CCCC2)c(C#N)c1N. The number of nitrogens with two attached hydrogens (primary N) is 1. The molecule has 0 spiro atoms. The maximum absolute atomic E-state index is 11.5. The molecule has 2 rings (SSSR count). The van der Waals surface area contributed by atoms with E-state index in [4.69, 9.17) is 5.73 Å². The predicted molar refractivity (Wildman–Crippen MR) is 77.1 cm³/mol. The first-order valence-corrected chi connectivity index (χ1v) is 8.52. The van der Waals surface area contributed by atoms with Gasteiger partial charge in [-0.1, -0.05) is 6.92 Å². The van der Waals surface area contributed by atoms with Gasteiger partial charge in [-0.25, -0.2) is 13.1 Å². The fraction of sp³-hybridized carbons (Fsp3) is 0.667. The molecule has 20 heavy (non-hydrogen) atoms. The molecule has 0 aliphatic carbocycles. The van der Waals surface area contributed by atoms with Crippen molar-refractivity contribution in [3.8, 4) is 6.07 Å². The molecule has 1 fully saturated rings. The van der Waals surface area contributed by atoms with Crippen molar-refractivity contribution >= 4 is 21.5 Å². The first-order valence-electron chi connectivity index (χ1n) is 6.70. The number of aromatic nitrogens is 2. The van der Waals surface area contributed by atoms with Gasteiger partial charge in [-0.15, -0.1) is 0 Å². The van der Waals surface area contributed by atoms with E-state index in [2.05, 4.69) is 11.2 Å². The number of anilines is 2. The minimum atomic E-state index is -3.08. The van der Waals surface area contributed by atoms with Crippen molar-refractivity contribution in [2.75, 3.05) is 35.2 Å². The highest BCUT2D eigenvalue weighted by Crippen LogP contribution is 2.27. The molecule has 1 saturated heterocycles. The highest BCUT2D eigenvalue weighted by Gasteiger charge is 2.23. The Morgan fingerprint density at radius 2 is 2.05 bits per heavy atom. The summed E-state index contributed by atoms with van der Waals surface area (Å²) in [5, 5.41) is 13.5. The molecule has 8 heteroatoms. The summed E-state index contributed by atoms with van der Waals surface area (Å²) >= 11 is 0. The monoisotopic (exact) mass is 297 g/mol. The Balaban J connectivity index is 2.24. The van der Waals surface area contributed by atoms with Gasteiger partial charge in [-0.05, 0) is 12.8 Å². The molecular weight excluding hydrogens is 278 g/mol. The second-order valence-electron chi connectivity index (χ2n) is 4.85. The summed E-state index contributed by atoms with van der Waals surface area (Å²) in [5.74, 6) is 0.912. The molecule has 2 heterocycles. The number of nitriles is 1. The lowest BCUT2D eigenvalue weighted by Crippen LogP contribution is -2.20. The molecule has 1 aliphatic heterocycles.